The monoisotopic (exact) mass is 246 g/mol. The average molecular weight is 248 g/mol. The van der Waals surface area contributed by atoms with Gasteiger partial charge in [0, 0.05) is 11.8 Å². The summed E-state index contributed by atoms with van der Waals surface area (Å²) in [5, 5.41) is 8.32. The first-order valence-electron chi connectivity index (χ1n) is 4.15. The molecule has 1 atom stereocenters. The second kappa shape index (κ2) is 5.94. The van der Waals surface area contributed by atoms with Crippen LogP contribution in [0.15, 0.2) is 0 Å². The molecule has 0 spiro atoms. The van der Waals surface area contributed by atoms with Gasteiger partial charge in [-0.15, -0.1) is 11.6 Å². The molecule has 0 aromatic carbocycles. The predicted octanol–water partition coefficient (Wildman–Crippen LogP) is 3.43. The van der Waals surface area contributed by atoms with Gasteiger partial charge in [-0.2, -0.15) is 0 Å². The molecule has 0 radical (unpaired) electrons. The van der Waals surface area contributed by atoms with Gasteiger partial charge in [0.25, 0.3) is 0 Å². The molecule has 5 heteroatoms. The van der Waals surface area contributed by atoms with Gasteiger partial charge in [-0.3, -0.25) is 0 Å². The second-order valence-electron chi connectivity index (χ2n) is 2.95. The van der Waals surface area contributed by atoms with E-state index < -0.39 is 10.3 Å². The number of carbonyl (C=O) groups is 1. The average Bonchev–Trinajstić information content (AvgIpc) is 1.99. The summed E-state index contributed by atoms with van der Waals surface area (Å²) >= 11 is 16.9. The van der Waals surface area contributed by atoms with Crippen LogP contribution in [0.1, 0.15) is 32.6 Å². The van der Waals surface area contributed by atoms with Crippen LogP contribution in [-0.2, 0) is 4.79 Å². The van der Waals surface area contributed by atoms with Crippen LogP contribution >= 0.6 is 34.8 Å². The molecule has 0 saturated carbocycles. The van der Waals surface area contributed by atoms with Crippen LogP contribution in [-0.4, -0.2) is 20.8 Å². The van der Waals surface area contributed by atoms with Crippen molar-refractivity contribution in [3.63, 3.8) is 0 Å². The number of hydrogen-bond acceptors (Lipinski definition) is 1. The molecule has 0 rings (SSSR count). The third-order valence-electron chi connectivity index (χ3n) is 1.66. The lowest BCUT2D eigenvalue weighted by Crippen LogP contribution is -2.28. The summed E-state index contributed by atoms with van der Waals surface area (Å²) in [6, 6.07) is 0. The normalized spacial score (nSPS) is 14.2. The Hall–Kier alpha value is 0.340. The minimum atomic E-state index is -1.75. The van der Waals surface area contributed by atoms with Gasteiger partial charge in [-0.1, -0.05) is 43.0 Å². The summed E-state index contributed by atoms with van der Waals surface area (Å²) in [5.74, 6) is -1.24. The third-order valence-corrected chi connectivity index (χ3v) is 2.67. The van der Waals surface area contributed by atoms with E-state index in [2.05, 4.69) is 0 Å². The highest BCUT2D eigenvalue weighted by molar-refractivity contribution is 6.57. The molecule has 0 aromatic rings. The first-order chi connectivity index (χ1) is 5.90. The van der Waals surface area contributed by atoms with Crippen molar-refractivity contribution in [2.45, 2.75) is 42.3 Å². The quantitative estimate of drug-likeness (QED) is 0.730. The molecule has 0 aliphatic carbocycles. The van der Waals surface area contributed by atoms with Gasteiger partial charge in [0.15, 0.2) is 0 Å². The molecule has 0 aromatic heterocycles. The minimum Gasteiger partial charge on any atom is -0.479 e. The molecule has 0 aliphatic heterocycles. The first kappa shape index (κ1) is 13.3. The Morgan fingerprint density at radius 2 is 2.08 bits per heavy atom. The number of hydrogen-bond donors (Lipinski definition) is 1. The number of unbranched alkanes of at least 4 members (excludes halogenated alkanes) is 1. The molecule has 13 heavy (non-hydrogen) atoms. The molecule has 0 fully saturated rings. The third kappa shape index (κ3) is 5.61. The topological polar surface area (TPSA) is 37.3 Å². The van der Waals surface area contributed by atoms with Gasteiger partial charge >= 0.3 is 5.97 Å². The highest BCUT2D eigenvalue weighted by Crippen LogP contribution is 2.30. The zero-order valence-corrected chi connectivity index (χ0v) is 9.66. The van der Waals surface area contributed by atoms with Gasteiger partial charge in [0.2, 0.25) is 4.33 Å². The Kier molecular flexibility index (Phi) is 6.10. The fraction of sp³-hybridized carbons (Fsp3) is 0.875. The second-order valence-corrected chi connectivity index (χ2v) is 5.05. The Balaban J connectivity index is 3.89. The van der Waals surface area contributed by atoms with Crippen molar-refractivity contribution in [3.8, 4) is 0 Å². The molecule has 0 amide bonds. The van der Waals surface area contributed by atoms with Crippen molar-refractivity contribution in [2.24, 2.45) is 0 Å². The van der Waals surface area contributed by atoms with E-state index in [4.69, 9.17) is 39.9 Å². The van der Waals surface area contributed by atoms with Gasteiger partial charge < -0.3 is 5.11 Å². The summed E-state index contributed by atoms with van der Waals surface area (Å²) in [4.78, 5) is 10.5. The molecule has 0 heterocycles. The largest absolute Gasteiger partial charge is 0.479 e. The van der Waals surface area contributed by atoms with E-state index in [0.29, 0.717) is 0 Å². The standard InChI is InChI=1S/C8H13Cl3O2/c1-2-3-4-6(9)5-8(10,11)7(12)13/h6H,2-5H2,1H3,(H,12,13). The maximum Gasteiger partial charge on any atom is 0.340 e. The van der Waals surface area contributed by atoms with E-state index in [0.717, 1.165) is 19.3 Å². The van der Waals surface area contributed by atoms with Crippen LogP contribution in [0.25, 0.3) is 0 Å². The summed E-state index contributed by atoms with van der Waals surface area (Å²) in [6.45, 7) is 2.04. The summed E-state index contributed by atoms with van der Waals surface area (Å²) in [7, 11) is 0. The molecular formula is C8H13Cl3O2. The Morgan fingerprint density at radius 1 is 1.54 bits per heavy atom. The van der Waals surface area contributed by atoms with Gasteiger partial charge in [-0.25, -0.2) is 4.79 Å². The Labute approximate surface area is 93.2 Å². The van der Waals surface area contributed by atoms with Crippen molar-refractivity contribution in [1.82, 2.24) is 0 Å². The van der Waals surface area contributed by atoms with Crippen LogP contribution in [0, 0.1) is 0 Å². The van der Waals surface area contributed by atoms with Gasteiger partial charge in [-0.05, 0) is 6.42 Å². The molecule has 78 valence electrons. The minimum absolute atomic E-state index is 0.0764. The fourth-order valence-corrected chi connectivity index (χ4v) is 1.81. The fourth-order valence-electron chi connectivity index (χ4n) is 0.893. The lowest BCUT2D eigenvalue weighted by atomic mass is 10.1. The molecule has 2 nitrogen and oxygen atoms in total. The molecule has 0 saturated heterocycles. The molecule has 0 aliphatic rings. The van der Waals surface area contributed by atoms with Crippen LogP contribution in [0.2, 0.25) is 0 Å². The molecular weight excluding hydrogens is 234 g/mol. The maximum atomic E-state index is 10.5. The predicted molar refractivity (Wildman–Crippen MR) is 55.9 cm³/mol. The van der Waals surface area contributed by atoms with Crippen LogP contribution in [0.5, 0.6) is 0 Å². The SMILES string of the molecule is CCCCC(Cl)CC(Cl)(Cl)C(=O)O. The van der Waals surface area contributed by atoms with Crippen molar-refractivity contribution in [2.75, 3.05) is 0 Å². The van der Waals surface area contributed by atoms with E-state index in [-0.39, 0.29) is 11.8 Å². The van der Waals surface area contributed by atoms with E-state index in [1.54, 1.807) is 0 Å². The highest BCUT2D eigenvalue weighted by atomic mass is 35.5. The van der Waals surface area contributed by atoms with Gasteiger partial charge in [0.1, 0.15) is 0 Å². The molecule has 1 unspecified atom stereocenters. The van der Waals surface area contributed by atoms with E-state index in [9.17, 15) is 4.79 Å². The van der Waals surface area contributed by atoms with E-state index in [1.807, 2.05) is 6.92 Å². The van der Waals surface area contributed by atoms with Crippen LogP contribution in [0.4, 0.5) is 0 Å². The summed E-state index contributed by atoms with van der Waals surface area (Å²) in [6.07, 6.45) is 2.80. The number of carboxylic acid groups (broad SMARTS) is 1. The summed E-state index contributed by atoms with van der Waals surface area (Å²) < 4.78 is -1.75. The smallest absolute Gasteiger partial charge is 0.340 e. The highest BCUT2D eigenvalue weighted by Gasteiger charge is 2.35. The Bertz CT molecular complexity index is 171. The zero-order chi connectivity index (χ0) is 10.5. The van der Waals surface area contributed by atoms with Crippen molar-refractivity contribution in [1.29, 1.82) is 0 Å². The lowest BCUT2D eigenvalue weighted by Gasteiger charge is -2.17. The van der Waals surface area contributed by atoms with Crippen LogP contribution < -0.4 is 0 Å². The number of rotatable bonds is 6. The van der Waals surface area contributed by atoms with Crippen LogP contribution in [0.3, 0.4) is 0 Å². The van der Waals surface area contributed by atoms with Crippen molar-refractivity contribution >= 4 is 40.8 Å². The molecule has 0 bridgehead atoms. The first-order valence-corrected chi connectivity index (χ1v) is 5.34. The summed E-state index contributed by atoms with van der Waals surface area (Å²) in [5.41, 5.74) is 0. The number of alkyl halides is 3. The van der Waals surface area contributed by atoms with E-state index >= 15 is 0 Å². The van der Waals surface area contributed by atoms with Crippen molar-refractivity contribution in [3.05, 3.63) is 0 Å². The lowest BCUT2D eigenvalue weighted by molar-refractivity contribution is -0.137. The number of halogens is 3. The molecule has 1 N–H and O–H groups in total. The Morgan fingerprint density at radius 3 is 2.46 bits per heavy atom. The number of aliphatic carboxylic acids is 1. The number of carboxylic acids is 1. The van der Waals surface area contributed by atoms with E-state index in [1.165, 1.54) is 0 Å². The maximum absolute atomic E-state index is 10.5. The zero-order valence-electron chi connectivity index (χ0n) is 7.40. The van der Waals surface area contributed by atoms with Gasteiger partial charge in [0.05, 0.1) is 0 Å². The van der Waals surface area contributed by atoms with Crippen molar-refractivity contribution < 1.29 is 9.90 Å².